The Morgan fingerprint density at radius 3 is 2.60 bits per heavy atom. The van der Waals surface area contributed by atoms with Gasteiger partial charge in [-0.25, -0.2) is 9.78 Å². The number of nitrogens with one attached hydrogen (secondary N) is 1. The molecule has 2 N–H and O–H groups in total. The van der Waals surface area contributed by atoms with Gasteiger partial charge in [-0.3, -0.25) is 4.79 Å². The van der Waals surface area contributed by atoms with Gasteiger partial charge in [0, 0.05) is 22.7 Å². The maximum atomic E-state index is 13.1. The monoisotopic (exact) mass is 419 g/mol. The second kappa shape index (κ2) is 8.12. The molecule has 0 aliphatic heterocycles. The van der Waals surface area contributed by atoms with Crippen molar-refractivity contribution in [3.8, 4) is 0 Å². The molecule has 30 heavy (non-hydrogen) atoms. The third-order valence-corrected chi connectivity index (χ3v) is 5.96. The number of para-hydroxylation sites is 1. The molecule has 0 unspecified atom stereocenters. The maximum absolute atomic E-state index is 13.1. The predicted molar refractivity (Wildman–Crippen MR) is 117 cm³/mol. The number of hydrogen-bond acceptors (Lipinski definition) is 4. The van der Waals surface area contributed by atoms with Gasteiger partial charge >= 0.3 is 5.97 Å². The summed E-state index contributed by atoms with van der Waals surface area (Å²) >= 11 is 1.61. The molecule has 0 aliphatic carbocycles. The summed E-state index contributed by atoms with van der Waals surface area (Å²) in [4.78, 5) is 28.7. The van der Waals surface area contributed by atoms with E-state index in [-0.39, 0.29) is 17.5 Å². The SMILES string of the molecule is Cc1csc(Cn2ccc3cccc(C(=O)N[C@@H](C)c4ccc(C(=O)O)cc4)c32)n1. The number of rotatable bonds is 6. The lowest BCUT2D eigenvalue weighted by Crippen LogP contribution is -2.27. The van der Waals surface area contributed by atoms with Crippen molar-refractivity contribution in [2.24, 2.45) is 0 Å². The van der Waals surface area contributed by atoms with Gasteiger partial charge in [0.2, 0.25) is 0 Å². The number of amides is 1. The Balaban J connectivity index is 1.59. The van der Waals surface area contributed by atoms with Gasteiger partial charge in [-0.1, -0.05) is 24.3 Å². The molecule has 0 bridgehead atoms. The third-order valence-electron chi connectivity index (χ3n) is 5.01. The first-order valence-electron chi connectivity index (χ1n) is 9.55. The molecule has 0 saturated heterocycles. The number of aryl methyl sites for hydroxylation is 1. The van der Waals surface area contributed by atoms with Gasteiger partial charge in [0.1, 0.15) is 5.01 Å². The summed E-state index contributed by atoms with van der Waals surface area (Å²) < 4.78 is 2.05. The van der Waals surface area contributed by atoms with Gasteiger partial charge in [0.05, 0.1) is 29.2 Å². The Morgan fingerprint density at radius 2 is 1.93 bits per heavy atom. The van der Waals surface area contributed by atoms with E-state index in [4.69, 9.17) is 5.11 Å². The number of fused-ring (bicyclic) bond motifs is 1. The molecule has 152 valence electrons. The van der Waals surface area contributed by atoms with Gasteiger partial charge < -0.3 is 15.0 Å². The van der Waals surface area contributed by atoms with Crippen molar-refractivity contribution >= 4 is 34.1 Å². The zero-order chi connectivity index (χ0) is 21.3. The van der Waals surface area contributed by atoms with E-state index < -0.39 is 5.97 Å². The van der Waals surface area contributed by atoms with Crippen molar-refractivity contribution in [1.82, 2.24) is 14.9 Å². The molecule has 0 spiro atoms. The predicted octanol–water partition coefficient (Wildman–Crippen LogP) is 4.64. The number of nitrogens with zero attached hydrogens (tertiary/aromatic N) is 2. The second-order valence-electron chi connectivity index (χ2n) is 7.19. The van der Waals surface area contributed by atoms with Crippen LogP contribution in [-0.2, 0) is 6.54 Å². The largest absolute Gasteiger partial charge is 0.478 e. The normalized spacial score (nSPS) is 12.1. The minimum atomic E-state index is -0.971. The van der Waals surface area contributed by atoms with Crippen LogP contribution in [0.1, 0.15) is 49.9 Å². The van der Waals surface area contributed by atoms with Crippen LogP contribution in [0, 0.1) is 6.92 Å². The van der Waals surface area contributed by atoms with Crippen molar-refractivity contribution in [3.63, 3.8) is 0 Å². The van der Waals surface area contributed by atoms with E-state index in [1.807, 2.05) is 49.7 Å². The Bertz CT molecular complexity index is 1220. The topological polar surface area (TPSA) is 84.2 Å². The first-order valence-corrected chi connectivity index (χ1v) is 10.4. The molecular weight excluding hydrogens is 398 g/mol. The first-order chi connectivity index (χ1) is 14.4. The van der Waals surface area contributed by atoms with Crippen molar-refractivity contribution < 1.29 is 14.7 Å². The van der Waals surface area contributed by atoms with E-state index >= 15 is 0 Å². The van der Waals surface area contributed by atoms with E-state index in [1.54, 1.807) is 35.6 Å². The van der Waals surface area contributed by atoms with Crippen molar-refractivity contribution in [2.75, 3.05) is 0 Å². The van der Waals surface area contributed by atoms with E-state index in [9.17, 15) is 9.59 Å². The minimum Gasteiger partial charge on any atom is -0.478 e. The van der Waals surface area contributed by atoms with E-state index in [0.29, 0.717) is 12.1 Å². The molecule has 0 saturated carbocycles. The fraction of sp³-hybridized carbons (Fsp3) is 0.174. The van der Waals surface area contributed by atoms with Crippen LogP contribution in [-0.4, -0.2) is 26.5 Å². The van der Waals surface area contributed by atoms with Crippen LogP contribution in [0.5, 0.6) is 0 Å². The van der Waals surface area contributed by atoms with Crippen LogP contribution in [0.4, 0.5) is 0 Å². The Hall–Kier alpha value is -3.45. The average molecular weight is 420 g/mol. The summed E-state index contributed by atoms with van der Waals surface area (Å²) in [5.41, 5.74) is 3.52. The zero-order valence-corrected chi connectivity index (χ0v) is 17.4. The Morgan fingerprint density at radius 1 is 1.17 bits per heavy atom. The number of aromatic nitrogens is 2. The number of carboxylic acid groups (broad SMARTS) is 1. The maximum Gasteiger partial charge on any atom is 0.335 e. The van der Waals surface area contributed by atoms with Gasteiger partial charge in [0.15, 0.2) is 0 Å². The quantitative estimate of drug-likeness (QED) is 0.477. The van der Waals surface area contributed by atoms with E-state index in [2.05, 4.69) is 14.9 Å². The van der Waals surface area contributed by atoms with Crippen LogP contribution in [0.25, 0.3) is 10.9 Å². The molecule has 4 rings (SSSR count). The van der Waals surface area contributed by atoms with Gasteiger partial charge in [0.25, 0.3) is 5.91 Å². The van der Waals surface area contributed by atoms with Crippen LogP contribution < -0.4 is 5.32 Å². The smallest absolute Gasteiger partial charge is 0.335 e. The van der Waals surface area contributed by atoms with Crippen molar-refractivity contribution in [3.05, 3.63) is 87.5 Å². The lowest BCUT2D eigenvalue weighted by Gasteiger charge is -2.16. The molecule has 1 atom stereocenters. The highest BCUT2D eigenvalue weighted by atomic mass is 32.1. The van der Waals surface area contributed by atoms with Crippen LogP contribution in [0.2, 0.25) is 0 Å². The zero-order valence-electron chi connectivity index (χ0n) is 16.6. The first kappa shape index (κ1) is 19.8. The summed E-state index contributed by atoms with van der Waals surface area (Å²) in [7, 11) is 0. The third kappa shape index (κ3) is 3.97. The summed E-state index contributed by atoms with van der Waals surface area (Å²) in [5.74, 6) is -1.15. The summed E-state index contributed by atoms with van der Waals surface area (Å²) in [6.45, 7) is 4.46. The van der Waals surface area contributed by atoms with Gasteiger partial charge in [-0.2, -0.15) is 0 Å². The standard InChI is InChI=1S/C23H21N3O3S/c1-14-13-30-20(24-14)12-26-11-10-17-4-3-5-19(21(17)26)22(27)25-15(2)16-6-8-18(9-7-16)23(28)29/h3-11,13,15H,12H2,1-2H3,(H,25,27)(H,28,29)/t15-/m0/s1. The summed E-state index contributed by atoms with van der Waals surface area (Å²) in [6, 6.07) is 14.0. The van der Waals surface area contributed by atoms with E-state index in [1.165, 1.54) is 0 Å². The van der Waals surface area contributed by atoms with Crippen LogP contribution in [0.3, 0.4) is 0 Å². The number of aromatic carboxylic acids is 1. The number of carbonyl (C=O) groups is 2. The van der Waals surface area contributed by atoms with Crippen LogP contribution in [0.15, 0.2) is 60.1 Å². The molecule has 0 aliphatic rings. The number of hydrogen-bond donors (Lipinski definition) is 2. The summed E-state index contributed by atoms with van der Waals surface area (Å²) in [5, 5.41) is 16.1. The number of benzene rings is 2. The lowest BCUT2D eigenvalue weighted by molar-refractivity contribution is 0.0696. The second-order valence-corrected chi connectivity index (χ2v) is 8.13. The molecule has 2 aromatic heterocycles. The Labute approximate surface area is 177 Å². The minimum absolute atomic E-state index is 0.175. The fourth-order valence-corrected chi connectivity index (χ4v) is 4.24. The average Bonchev–Trinajstić information content (AvgIpc) is 3.34. The number of carboxylic acids is 1. The molecule has 1 amide bonds. The molecule has 2 aromatic carbocycles. The highest BCUT2D eigenvalue weighted by Gasteiger charge is 2.17. The molecule has 0 fully saturated rings. The molecular formula is C23H21N3O3S. The lowest BCUT2D eigenvalue weighted by atomic mass is 10.0. The molecule has 6 nitrogen and oxygen atoms in total. The van der Waals surface area contributed by atoms with Gasteiger partial charge in [-0.05, 0) is 43.7 Å². The molecule has 7 heteroatoms. The fourth-order valence-electron chi connectivity index (χ4n) is 3.47. The number of carbonyl (C=O) groups excluding carboxylic acids is 1. The molecule has 0 radical (unpaired) electrons. The molecule has 2 heterocycles. The Kier molecular flexibility index (Phi) is 5.37. The van der Waals surface area contributed by atoms with Crippen molar-refractivity contribution in [2.45, 2.75) is 26.4 Å². The highest BCUT2D eigenvalue weighted by Crippen LogP contribution is 2.23. The van der Waals surface area contributed by atoms with Gasteiger partial charge in [-0.15, -0.1) is 11.3 Å². The highest BCUT2D eigenvalue weighted by molar-refractivity contribution is 7.09. The number of thiazole rings is 1. The van der Waals surface area contributed by atoms with Crippen LogP contribution >= 0.6 is 11.3 Å². The summed E-state index contributed by atoms with van der Waals surface area (Å²) in [6.07, 6.45) is 1.98. The molecule has 4 aromatic rings. The van der Waals surface area contributed by atoms with E-state index in [0.717, 1.165) is 27.2 Å². The van der Waals surface area contributed by atoms with Crippen molar-refractivity contribution in [1.29, 1.82) is 0 Å².